The Kier molecular flexibility index (Phi) is 6.67. The van der Waals surface area contributed by atoms with Gasteiger partial charge >= 0.3 is 6.09 Å². The van der Waals surface area contributed by atoms with Gasteiger partial charge in [-0.2, -0.15) is 0 Å². The highest BCUT2D eigenvalue weighted by molar-refractivity contribution is 6.12. The summed E-state index contributed by atoms with van der Waals surface area (Å²) in [5.41, 5.74) is 9.62. The first-order valence-corrected chi connectivity index (χ1v) is 13.1. The van der Waals surface area contributed by atoms with Crippen molar-refractivity contribution in [2.75, 3.05) is 19.6 Å². The number of H-pyrrole nitrogens is 1. The maximum atomic E-state index is 13.4. The zero-order valence-corrected chi connectivity index (χ0v) is 23.2. The number of fused-ring (bicyclic) bond motifs is 1. The van der Waals surface area contributed by atoms with Crippen molar-refractivity contribution in [1.29, 1.82) is 5.41 Å². The second-order valence-corrected chi connectivity index (χ2v) is 12.9. The van der Waals surface area contributed by atoms with E-state index in [1.54, 1.807) is 9.80 Å². The van der Waals surface area contributed by atoms with E-state index >= 15 is 0 Å². The van der Waals surface area contributed by atoms with Crippen LogP contribution in [-0.4, -0.2) is 63.3 Å². The lowest BCUT2D eigenvalue weighted by atomic mass is 9.75. The van der Waals surface area contributed by atoms with Gasteiger partial charge in [0.05, 0.1) is 16.9 Å². The summed E-state index contributed by atoms with van der Waals surface area (Å²) in [6, 6.07) is 7.55. The highest BCUT2D eigenvalue weighted by atomic mass is 16.6. The summed E-state index contributed by atoms with van der Waals surface area (Å²) in [4.78, 5) is 33.0. The van der Waals surface area contributed by atoms with Gasteiger partial charge in [0.2, 0.25) is 0 Å². The molecule has 1 aromatic heterocycles. The van der Waals surface area contributed by atoms with Gasteiger partial charge in [0.1, 0.15) is 5.60 Å². The Morgan fingerprint density at radius 3 is 2.43 bits per heavy atom. The highest BCUT2D eigenvalue weighted by Crippen LogP contribution is 2.38. The number of piperazine rings is 1. The van der Waals surface area contributed by atoms with Crippen molar-refractivity contribution in [3.05, 3.63) is 46.8 Å². The summed E-state index contributed by atoms with van der Waals surface area (Å²) >= 11 is 0. The molecule has 200 valence electrons. The number of benzene rings is 1. The van der Waals surface area contributed by atoms with Gasteiger partial charge in [-0.25, -0.2) is 4.79 Å². The van der Waals surface area contributed by atoms with Gasteiger partial charge < -0.3 is 20.4 Å². The van der Waals surface area contributed by atoms with E-state index in [2.05, 4.69) is 18.8 Å². The van der Waals surface area contributed by atoms with Gasteiger partial charge in [-0.1, -0.05) is 19.9 Å². The Balaban J connectivity index is 1.50. The molecule has 2 amide bonds. The molecule has 8 heteroatoms. The molecule has 2 aromatic rings. The van der Waals surface area contributed by atoms with Crippen LogP contribution in [0.2, 0.25) is 0 Å². The fourth-order valence-electron chi connectivity index (χ4n) is 5.34. The third-order valence-corrected chi connectivity index (χ3v) is 7.35. The van der Waals surface area contributed by atoms with Crippen molar-refractivity contribution in [3.63, 3.8) is 0 Å². The van der Waals surface area contributed by atoms with Gasteiger partial charge in [-0.3, -0.25) is 15.1 Å². The summed E-state index contributed by atoms with van der Waals surface area (Å²) < 4.78 is 5.57. The molecule has 1 aliphatic heterocycles. The average molecular weight is 508 g/mol. The van der Waals surface area contributed by atoms with Crippen LogP contribution in [0.3, 0.4) is 0 Å². The summed E-state index contributed by atoms with van der Waals surface area (Å²) in [5, 5.41) is 9.73. The molecule has 1 saturated heterocycles. The Morgan fingerprint density at radius 1 is 1.11 bits per heavy atom. The first-order valence-electron chi connectivity index (χ1n) is 13.1. The quantitative estimate of drug-likeness (QED) is 0.480. The SMILES string of the molecule is CC1(C)CCC(C(=N)c2cc3ccc(C(=O)N4CCN(C(=O)OC(C)(C)C)C(C)(C)C4)cc3[nH]2)=C(N)C1. The lowest BCUT2D eigenvalue weighted by Gasteiger charge is -2.47. The maximum Gasteiger partial charge on any atom is 0.410 e. The fraction of sp³-hybridized carbons (Fsp3) is 0.552. The van der Waals surface area contributed by atoms with E-state index < -0.39 is 11.1 Å². The summed E-state index contributed by atoms with van der Waals surface area (Å²) in [6.45, 7) is 15.1. The van der Waals surface area contributed by atoms with Crippen LogP contribution in [0.5, 0.6) is 0 Å². The van der Waals surface area contributed by atoms with Crippen molar-refractivity contribution in [2.45, 2.75) is 78.9 Å². The molecule has 0 bridgehead atoms. The van der Waals surface area contributed by atoms with E-state index in [0.29, 0.717) is 36.6 Å². The number of nitrogens with zero attached hydrogens (tertiary/aromatic N) is 2. The number of hydrogen-bond acceptors (Lipinski definition) is 5. The number of aromatic amines is 1. The topological polar surface area (TPSA) is 116 Å². The van der Waals surface area contributed by atoms with E-state index in [1.165, 1.54) is 0 Å². The standard InChI is InChI=1S/C29H41N5O3/c1-27(2,3)37-26(36)34-13-12-33(17-29(34,6)7)25(35)19-9-8-18-14-23(32-22(18)15-19)24(31)20-10-11-28(4,5)16-21(20)30/h8-9,14-15,31-32H,10-13,16-17,30H2,1-7H3. The first kappa shape index (κ1) is 26.8. The molecule has 1 fully saturated rings. The van der Waals surface area contributed by atoms with Gasteiger partial charge in [-0.15, -0.1) is 0 Å². The summed E-state index contributed by atoms with van der Waals surface area (Å²) in [5.74, 6) is -0.0773. The lowest BCUT2D eigenvalue weighted by Crippen LogP contribution is -2.62. The number of aromatic nitrogens is 1. The number of carbonyl (C=O) groups excluding carboxylic acids is 2. The van der Waals surface area contributed by atoms with Crippen LogP contribution in [0.1, 0.15) is 83.8 Å². The minimum Gasteiger partial charge on any atom is -0.444 e. The highest BCUT2D eigenvalue weighted by Gasteiger charge is 2.40. The molecule has 0 atom stereocenters. The van der Waals surface area contributed by atoms with Crippen molar-refractivity contribution in [2.24, 2.45) is 11.1 Å². The minimum absolute atomic E-state index is 0.0773. The second kappa shape index (κ2) is 9.23. The van der Waals surface area contributed by atoms with Gasteiger partial charge in [0.15, 0.2) is 0 Å². The molecular formula is C29H41N5O3. The fourth-order valence-corrected chi connectivity index (χ4v) is 5.34. The van der Waals surface area contributed by atoms with Crippen LogP contribution < -0.4 is 5.73 Å². The van der Waals surface area contributed by atoms with Crippen molar-refractivity contribution < 1.29 is 14.3 Å². The summed E-state index contributed by atoms with van der Waals surface area (Å²) in [6.07, 6.45) is 2.23. The molecule has 4 N–H and O–H groups in total. The molecule has 37 heavy (non-hydrogen) atoms. The molecule has 0 unspecified atom stereocenters. The van der Waals surface area contributed by atoms with Crippen LogP contribution in [0.4, 0.5) is 4.79 Å². The number of hydrogen-bond donors (Lipinski definition) is 3. The van der Waals surface area contributed by atoms with Crippen molar-refractivity contribution in [3.8, 4) is 0 Å². The third kappa shape index (κ3) is 5.68. The number of ether oxygens (including phenoxy) is 1. The first-order chi connectivity index (χ1) is 17.1. The number of nitrogens with one attached hydrogen (secondary N) is 2. The van der Waals surface area contributed by atoms with Crippen LogP contribution in [0, 0.1) is 10.8 Å². The average Bonchev–Trinajstić information content (AvgIpc) is 3.19. The smallest absolute Gasteiger partial charge is 0.410 e. The van der Waals surface area contributed by atoms with Crippen LogP contribution in [-0.2, 0) is 4.74 Å². The minimum atomic E-state index is -0.573. The molecule has 0 saturated carbocycles. The number of amides is 2. The molecular weight excluding hydrogens is 466 g/mol. The Labute approximate surface area is 219 Å². The van der Waals surface area contributed by atoms with Crippen LogP contribution >= 0.6 is 0 Å². The molecule has 1 aromatic carbocycles. The van der Waals surface area contributed by atoms with Crippen molar-refractivity contribution >= 4 is 28.6 Å². The molecule has 0 spiro atoms. The predicted molar refractivity (Wildman–Crippen MR) is 147 cm³/mol. The largest absolute Gasteiger partial charge is 0.444 e. The molecule has 2 heterocycles. The van der Waals surface area contributed by atoms with Gasteiger partial charge in [0.25, 0.3) is 5.91 Å². The third-order valence-electron chi connectivity index (χ3n) is 7.35. The Hall–Kier alpha value is -3.29. The zero-order chi connectivity index (χ0) is 27.3. The van der Waals surface area contributed by atoms with E-state index in [9.17, 15) is 9.59 Å². The Morgan fingerprint density at radius 2 is 1.81 bits per heavy atom. The van der Waals surface area contributed by atoms with Crippen LogP contribution in [0.15, 0.2) is 35.5 Å². The molecule has 8 nitrogen and oxygen atoms in total. The van der Waals surface area contributed by atoms with E-state index in [0.717, 1.165) is 41.4 Å². The normalized spacial score (nSPS) is 19.8. The lowest BCUT2D eigenvalue weighted by molar-refractivity contribution is -0.0202. The molecule has 1 aliphatic carbocycles. The molecule has 4 rings (SSSR count). The number of carbonyl (C=O) groups is 2. The number of allylic oxidation sites excluding steroid dienone is 2. The molecule has 0 radical (unpaired) electrons. The number of rotatable bonds is 3. The second-order valence-electron chi connectivity index (χ2n) is 12.9. The van der Waals surface area contributed by atoms with Crippen molar-refractivity contribution in [1.82, 2.24) is 14.8 Å². The van der Waals surface area contributed by atoms with E-state index in [-0.39, 0.29) is 17.4 Å². The summed E-state index contributed by atoms with van der Waals surface area (Å²) in [7, 11) is 0. The zero-order valence-electron chi connectivity index (χ0n) is 23.2. The monoisotopic (exact) mass is 507 g/mol. The predicted octanol–water partition coefficient (Wildman–Crippen LogP) is 5.43. The van der Waals surface area contributed by atoms with Crippen LogP contribution in [0.25, 0.3) is 10.9 Å². The van der Waals surface area contributed by atoms with E-state index in [4.69, 9.17) is 15.9 Å². The Bertz CT molecular complexity index is 1280. The maximum absolute atomic E-state index is 13.4. The van der Waals surface area contributed by atoms with E-state index in [1.807, 2.05) is 58.9 Å². The molecule has 2 aliphatic rings. The number of nitrogens with two attached hydrogens (primary N) is 1. The van der Waals surface area contributed by atoms with Gasteiger partial charge in [0, 0.05) is 41.8 Å². The van der Waals surface area contributed by atoms with Gasteiger partial charge in [-0.05, 0) is 83.1 Å².